The molecule has 1 heterocycles. The van der Waals surface area contributed by atoms with E-state index in [9.17, 15) is 13.2 Å². The molecule has 3 fully saturated rings. The van der Waals surface area contributed by atoms with Crippen molar-refractivity contribution in [3.05, 3.63) is 0 Å². The minimum atomic E-state index is -2.92. The molecule has 1 amide bonds. The van der Waals surface area contributed by atoms with Gasteiger partial charge in [-0.05, 0) is 49.9 Å². The average Bonchev–Trinajstić information content (AvgIpc) is 3.11. The SMILES string of the molecule is CCCN(C(=O)CC1CC2CCC1C2)C1CCS(=O)(=O)C1. The van der Waals surface area contributed by atoms with Gasteiger partial charge in [-0.1, -0.05) is 13.3 Å². The van der Waals surface area contributed by atoms with Crippen LogP contribution in [0.4, 0.5) is 0 Å². The van der Waals surface area contributed by atoms with Gasteiger partial charge in [0.15, 0.2) is 9.84 Å². The van der Waals surface area contributed by atoms with Gasteiger partial charge in [-0.2, -0.15) is 0 Å². The number of hydrogen-bond donors (Lipinski definition) is 0. The maximum Gasteiger partial charge on any atom is 0.223 e. The van der Waals surface area contributed by atoms with Crippen LogP contribution in [-0.4, -0.2) is 43.3 Å². The first kappa shape index (κ1) is 15.3. The minimum absolute atomic E-state index is 0.0685. The summed E-state index contributed by atoms with van der Waals surface area (Å²) < 4.78 is 23.4. The smallest absolute Gasteiger partial charge is 0.223 e. The molecule has 2 bridgehead atoms. The Morgan fingerprint density at radius 1 is 1.19 bits per heavy atom. The molecule has 2 aliphatic carbocycles. The maximum atomic E-state index is 12.7. The molecule has 0 aromatic carbocycles. The summed E-state index contributed by atoms with van der Waals surface area (Å²) in [5.74, 6) is 2.81. The van der Waals surface area contributed by atoms with Crippen LogP contribution in [0.25, 0.3) is 0 Å². The Bertz CT molecular complexity index is 502. The molecule has 0 radical (unpaired) electrons. The second kappa shape index (κ2) is 5.90. The fraction of sp³-hybridized carbons (Fsp3) is 0.938. The van der Waals surface area contributed by atoms with Crippen LogP contribution in [0.1, 0.15) is 51.9 Å². The van der Waals surface area contributed by atoms with E-state index in [4.69, 9.17) is 0 Å². The van der Waals surface area contributed by atoms with Crippen LogP contribution in [0, 0.1) is 17.8 Å². The van der Waals surface area contributed by atoms with E-state index in [0.717, 1.165) is 18.3 Å². The molecule has 120 valence electrons. The van der Waals surface area contributed by atoms with Gasteiger partial charge in [-0.3, -0.25) is 4.79 Å². The molecule has 21 heavy (non-hydrogen) atoms. The highest BCUT2D eigenvalue weighted by Crippen LogP contribution is 2.49. The molecule has 0 spiro atoms. The molecule has 0 aromatic rings. The highest BCUT2D eigenvalue weighted by atomic mass is 32.2. The fourth-order valence-corrected chi connectivity index (χ4v) is 6.47. The normalized spacial score (nSPS) is 37.0. The maximum absolute atomic E-state index is 12.7. The van der Waals surface area contributed by atoms with E-state index in [0.29, 0.717) is 25.3 Å². The van der Waals surface area contributed by atoms with Gasteiger partial charge in [0.1, 0.15) is 0 Å². The molecule has 0 aromatic heterocycles. The molecule has 1 saturated heterocycles. The molecule has 5 heteroatoms. The Balaban J connectivity index is 1.62. The topological polar surface area (TPSA) is 54.5 Å². The van der Waals surface area contributed by atoms with Gasteiger partial charge >= 0.3 is 0 Å². The molecule has 2 saturated carbocycles. The Labute approximate surface area is 128 Å². The van der Waals surface area contributed by atoms with Crippen molar-refractivity contribution in [1.29, 1.82) is 0 Å². The van der Waals surface area contributed by atoms with Crippen molar-refractivity contribution in [3.63, 3.8) is 0 Å². The number of hydrogen-bond acceptors (Lipinski definition) is 3. The van der Waals surface area contributed by atoms with E-state index < -0.39 is 9.84 Å². The first-order valence-corrected chi connectivity index (χ1v) is 10.3. The lowest BCUT2D eigenvalue weighted by molar-refractivity contribution is -0.134. The average molecular weight is 313 g/mol. The van der Waals surface area contributed by atoms with Gasteiger partial charge < -0.3 is 4.90 Å². The van der Waals surface area contributed by atoms with Gasteiger partial charge in [0, 0.05) is 19.0 Å². The van der Waals surface area contributed by atoms with Crippen molar-refractivity contribution in [1.82, 2.24) is 4.90 Å². The van der Waals surface area contributed by atoms with Gasteiger partial charge in [0.2, 0.25) is 5.91 Å². The third kappa shape index (κ3) is 3.27. The van der Waals surface area contributed by atoms with E-state index in [1.54, 1.807) is 0 Å². The van der Waals surface area contributed by atoms with Crippen molar-refractivity contribution < 1.29 is 13.2 Å². The van der Waals surface area contributed by atoms with Crippen molar-refractivity contribution in [2.24, 2.45) is 17.8 Å². The summed E-state index contributed by atoms with van der Waals surface area (Å²) in [5, 5.41) is 0. The number of carbonyl (C=O) groups is 1. The zero-order valence-corrected chi connectivity index (χ0v) is 13.8. The summed E-state index contributed by atoms with van der Waals surface area (Å²) in [6.45, 7) is 2.76. The predicted octanol–water partition coefficient (Wildman–Crippen LogP) is 2.24. The Morgan fingerprint density at radius 2 is 2.00 bits per heavy atom. The zero-order chi connectivity index (χ0) is 15.0. The Hall–Kier alpha value is -0.580. The van der Waals surface area contributed by atoms with Gasteiger partial charge in [-0.15, -0.1) is 0 Å². The second-order valence-corrected chi connectivity index (χ2v) is 9.51. The lowest BCUT2D eigenvalue weighted by atomic mass is 9.86. The fourth-order valence-electron chi connectivity index (χ4n) is 4.74. The van der Waals surface area contributed by atoms with E-state index in [2.05, 4.69) is 6.92 Å². The van der Waals surface area contributed by atoms with Crippen LogP contribution < -0.4 is 0 Å². The quantitative estimate of drug-likeness (QED) is 0.782. The Morgan fingerprint density at radius 3 is 2.52 bits per heavy atom. The molecule has 1 aliphatic heterocycles. The van der Waals surface area contributed by atoms with E-state index >= 15 is 0 Å². The first-order chi connectivity index (χ1) is 9.98. The van der Waals surface area contributed by atoms with E-state index in [-0.39, 0.29) is 23.5 Å². The lowest BCUT2D eigenvalue weighted by Crippen LogP contribution is -2.42. The monoisotopic (exact) mass is 313 g/mol. The highest BCUT2D eigenvalue weighted by molar-refractivity contribution is 7.91. The highest BCUT2D eigenvalue weighted by Gasteiger charge is 2.42. The van der Waals surface area contributed by atoms with Crippen LogP contribution >= 0.6 is 0 Å². The lowest BCUT2D eigenvalue weighted by Gasteiger charge is -2.30. The van der Waals surface area contributed by atoms with Crippen molar-refractivity contribution >= 4 is 15.7 Å². The second-order valence-electron chi connectivity index (χ2n) is 7.28. The summed E-state index contributed by atoms with van der Waals surface area (Å²) >= 11 is 0. The molecular formula is C16H27NO3S. The van der Waals surface area contributed by atoms with Crippen LogP contribution in [0.3, 0.4) is 0 Å². The van der Waals surface area contributed by atoms with Crippen LogP contribution in [0.5, 0.6) is 0 Å². The molecular weight excluding hydrogens is 286 g/mol. The molecule has 4 nitrogen and oxygen atoms in total. The minimum Gasteiger partial charge on any atom is -0.339 e. The summed E-state index contributed by atoms with van der Waals surface area (Å²) in [7, 11) is -2.92. The third-order valence-electron chi connectivity index (χ3n) is 5.76. The van der Waals surface area contributed by atoms with E-state index in [1.807, 2.05) is 4.90 Å². The largest absolute Gasteiger partial charge is 0.339 e. The molecule has 4 atom stereocenters. The Kier molecular flexibility index (Phi) is 4.30. The van der Waals surface area contributed by atoms with Crippen LogP contribution in [-0.2, 0) is 14.6 Å². The van der Waals surface area contributed by atoms with Crippen molar-refractivity contribution in [3.8, 4) is 0 Å². The molecule has 4 unspecified atom stereocenters. The van der Waals surface area contributed by atoms with Gasteiger partial charge in [0.25, 0.3) is 0 Å². The van der Waals surface area contributed by atoms with E-state index in [1.165, 1.54) is 25.7 Å². The van der Waals surface area contributed by atoms with Crippen molar-refractivity contribution in [2.45, 2.75) is 57.9 Å². The van der Waals surface area contributed by atoms with Gasteiger partial charge in [-0.25, -0.2) is 8.42 Å². The van der Waals surface area contributed by atoms with Crippen LogP contribution in [0.15, 0.2) is 0 Å². The number of nitrogens with zero attached hydrogens (tertiary/aromatic N) is 1. The number of amides is 1. The number of rotatable bonds is 5. The molecule has 3 rings (SSSR count). The third-order valence-corrected chi connectivity index (χ3v) is 7.51. The summed E-state index contributed by atoms with van der Waals surface area (Å²) in [5.41, 5.74) is 0. The molecule has 3 aliphatic rings. The summed E-state index contributed by atoms with van der Waals surface area (Å²) in [6.07, 6.45) is 7.38. The number of sulfone groups is 1. The zero-order valence-electron chi connectivity index (χ0n) is 13.0. The summed E-state index contributed by atoms with van der Waals surface area (Å²) in [6, 6.07) is -0.0685. The first-order valence-electron chi connectivity index (χ1n) is 8.48. The van der Waals surface area contributed by atoms with Crippen LogP contribution in [0.2, 0.25) is 0 Å². The number of carbonyl (C=O) groups excluding carboxylic acids is 1. The predicted molar refractivity (Wildman–Crippen MR) is 82.6 cm³/mol. The molecule has 0 N–H and O–H groups in total. The van der Waals surface area contributed by atoms with Gasteiger partial charge in [0.05, 0.1) is 11.5 Å². The number of fused-ring (bicyclic) bond motifs is 2. The van der Waals surface area contributed by atoms with Crippen molar-refractivity contribution in [2.75, 3.05) is 18.1 Å². The summed E-state index contributed by atoms with van der Waals surface area (Å²) in [4.78, 5) is 14.6. The standard InChI is InChI=1S/C16H27NO3S/c1-2-6-17(15-5-7-21(19,20)11-15)16(18)10-14-9-12-3-4-13(14)8-12/h12-15H,2-11H2,1H3.